The number of hydrogen-bond acceptors (Lipinski definition) is 3. The van der Waals surface area contributed by atoms with Crippen molar-refractivity contribution in [1.82, 2.24) is 9.55 Å². The van der Waals surface area contributed by atoms with Crippen molar-refractivity contribution in [3.8, 4) is 5.75 Å². The van der Waals surface area contributed by atoms with Gasteiger partial charge in [0.1, 0.15) is 11.4 Å². The second-order valence-electron chi connectivity index (χ2n) is 4.82. The van der Waals surface area contributed by atoms with Crippen molar-refractivity contribution in [3.05, 3.63) is 58.9 Å². The topological polar surface area (TPSA) is 64.3 Å². The number of halogens is 1. The molecule has 0 bridgehead atoms. The fourth-order valence-electron chi connectivity index (χ4n) is 2.31. The quantitative estimate of drug-likeness (QED) is 0.800. The molecule has 0 spiro atoms. The first-order valence-corrected chi connectivity index (χ1v) is 6.97. The number of ether oxygens (including phenoxy) is 1. The zero-order valence-electron chi connectivity index (χ0n) is 11.8. The molecule has 5 nitrogen and oxygen atoms in total. The highest BCUT2D eigenvalue weighted by atomic mass is 35.5. The van der Waals surface area contributed by atoms with E-state index in [1.807, 2.05) is 35.0 Å². The number of aromatic carboxylic acids is 1. The summed E-state index contributed by atoms with van der Waals surface area (Å²) in [4.78, 5) is 15.3. The SMILES string of the molecule is COc1ccc(Cn2ccc3c(Cl)c(C(=O)O)cnc32)cc1. The Labute approximate surface area is 131 Å². The number of aromatic nitrogens is 2. The van der Waals surface area contributed by atoms with E-state index in [9.17, 15) is 4.79 Å². The van der Waals surface area contributed by atoms with Crippen molar-refractivity contribution in [3.63, 3.8) is 0 Å². The number of nitrogens with zero attached hydrogens (tertiary/aromatic N) is 2. The van der Waals surface area contributed by atoms with E-state index < -0.39 is 5.97 Å². The third kappa shape index (κ3) is 2.51. The third-order valence-corrected chi connectivity index (χ3v) is 3.87. The molecule has 0 saturated heterocycles. The van der Waals surface area contributed by atoms with Gasteiger partial charge in [-0.05, 0) is 23.8 Å². The number of rotatable bonds is 4. The summed E-state index contributed by atoms with van der Waals surface area (Å²) in [6.45, 7) is 0.614. The Morgan fingerprint density at radius 1 is 1.32 bits per heavy atom. The van der Waals surface area contributed by atoms with Crippen molar-refractivity contribution >= 4 is 28.6 Å². The molecular weight excluding hydrogens is 304 g/mol. The van der Waals surface area contributed by atoms with Gasteiger partial charge in [0.2, 0.25) is 0 Å². The third-order valence-electron chi connectivity index (χ3n) is 3.47. The lowest BCUT2D eigenvalue weighted by Crippen LogP contribution is -2.02. The van der Waals surface area contributed by atoms with Gasteiger partial charge in [-0.3, -0.25) is 0 Å². The minimum Gasteiger partial charge on any atom is -0.497 e. The summed E-state index contributed by atoms with van der Waals surface area (Å²) >= 11 is 6.14. The van der Waals surface area contributed by atoms with Crippen LogP contribution in [0.5, 0.6) is 5.75 Å². The lowest BCUT2D eigenvalue weighted by atomic mass is 10.2. The summed E-state index contributed by atoms with van der Waals surface area (Å²) in [6.07, 6.45) is 3.14. The monoisotopic (exact) mass is 316 g/mol. The van der Waals surface area contributed by atoms with E-state index in [0.29, 0.717) is 17.6 Å². The summed E-state index contributed by atoms with van der Waals surface area (Å²) in [5.74, 6) is -0.282. The van der Waals surface area contributed by atoms with Crippen LogP contribution in [0.25, 0.3) is 11.0 Å². The van der Waals surface area contributed by atoms with E-state index in [-0.39, 0.29) is 10.6 Å². The lowest BCUT2D eigenvalue weighted by Gasteiger charge is -2.07. The van der Waals surface area contributed by atoms with Crippen LogP contribution in [-0.4, -0.2) is 27.7 Å². The maximum atomic E-state index is 11.1. The van der Waals surface area contributed by atoms with Gasteiger partial charge in [0.05, 0.1) is 17.7 Å². The first-order valence-electron chi connectivity index (χ1n) is 6.59. The van der Waals surface area contributed by atoms with Crippen LogP contribution in [0.3, 0.4) is 0 Å². The van der Waals surface area contributed by atoms with Crippen LogP contribution in [0.15, 0.2) is 42.7 Å². The number of benzene rings is 1. The normalized spacial score (nSPS) is 10.8. The molecule has 1 aromatic carbocycles. The molecule has 3 rings (SSSR count). The molecular formula is C16H13ClN2O3. The van der Waals surface area contributed by atoms with Crippen LogP contribution in [-0.2, 0) is 6.54 Å². The smallest absolute Gasteiger partial charge is 0.338 e. The van der Waals surface area contributed by atoms with Gasteiger partial charge in [-0.2, -0.15) is 0 Å². The number of methoxy groups -OCH3 is 1. The van der Waals surface area contributed by atoms with E-state index >= 15 is 0 Å². The largest absolute Gasteiger partial charge is 0.497 e. The summed E-state index contributed by atoms with van der Waals surface area (Å²) in [5.41, 5.74) is 1.75. The summed E-state index contributed by atoms with van der Waals surface area (Å²) in [6, 6.07) is 9.50. The molecule has 112 valence electrons. The molecule has 0 unspecified atom stereocenters. The van der Waals surface area contributed by atoms with Crippen LogP contribution in [0.1, 0.15) is 15.9 Å². The average molecular weight is 317 g/mol. The highest BCUT2D eigenvalue weighted by molar-refractivity contribution is 6.38. The predicted molar refractivity (Wildman–Crippen MR) is 83.8 cm³/mol. The van der Waals surface area contributed by atoms with Crippen LogP contribution >= 0.6 is 11.6 Å². The fourth-order valence-corrected chi connectivity index (χ4v) is 2.59. The van der Waals surface area contributed by atoms with E-state index in [1.54, 1.807) is 13.2 Å². The van der Waals surface area contributed by atoms with Gasteiger partial charge in [-0.25, -0.2) is 9.78 Å². The highest BCUT2D eigenvalue weighted by Gasteiger charge is 2.15. The summed E-state index contributed by atoms with van der Waals surface area (Å²) < 4.78 is 7.06. The molecule has 0 aliphatic carbocycles. The minimum absolute atomic E-state index is 0.0105. The van der Waals surface area contributed by atoms with Gasteiger partial charge >= 0.3 is 5.97 Å². The van der Waals surface area contributed by atoms with E-state index in [1.165, 1.54) is 6.20 Å². The van der Waals surface area contributed by atoms with Crippen molar-refractivity contribution in [2.45, 2.75) is 6.54 Å². The van der Waals surface area contributed by atoms with Crippen molar-refractivity contribution < 1.29 is 14.6 Å². The molecule has 1 N–H and O–H groups in total. The maximum Gasteiger partial charge on any atom is 0.338 e. The molecule has 22 heavy (non-hydrogen) atoms. The molecule has 0 aliphatic rings. The summed E-state index contributed by atoms with van der Waals surface area (Å²) in [5, 5.41) is 9.92. The van der Waals surface area contributed by atoms with E-state index in [2.05, 4.69) is 4.98 Å². The lowest BCUT2D eigenvalue weighted by molar-refractivity contribution is 0.0697. The Morgan fingerprint density at radius 3 is 2.68 bits per heavy atom. The van der Waals surface area contributed by atoms with Gasteiger partial charge in [-0.1, -0.05) is 23.7 Å². The number of hydrogen-bond donors (Lipinski definition) is 1. The average Bonchev–Trinajstić information content (AvgIpc) is 2.92. The van der Waals surface area contributed by atoms with Gasteiger partial charge in [0, 0.05) is 24.3 Å². The van der Waals surface area contributed by atoms with Crippen molar-refractivity contribution in [2.24, 2.45) is 0 Å². The van der Waals surface area contributed by atoms with Crippen LogP contribution in [0, 0.1) is 0 Å². The van der Waals surface area contributed by atoms with E-state index in [0.717, 1.165) is 11.3 Å². The van der Waals surface area contributed by atoms with Gasteiger partial charge < -0.3 is 14.4 Å². The molecule has 0 aliphatic heterocycles. The highest BCUT2D eigenvalue weighted by Crippen LogP contribution is 2.27. The molecule has 0 saturated carbocycles. The Morgan fingerprint density at radius 2 is 2.05 bits per heavy atom. The Bertz CT molecular complexity index is 840. The molecule has 0 amide bonds. The second kappa shape index (κ2) is 5.69. The number of pyridine rings is 1. The number of fused-ring (bicyclic) bond motifs is 1. The standard InChI is InChI=1S/C16H13ClN2O3/c1-22-11-4-2-10(3-5-11)9-19-7-6-12-14(17)13(16(20)21)8-18-15(12)19/h2-8H,9H2,1H3,(H,20,21). The maximum absolute atomic E-state index is 11.1. The molecule has 2 heterocycles. The summed E-state index contributed by atoms with van der Waals surface area (Å²) in [7, 11) is 1.63. The molecule has 0 radical (unpaired) electrons. The second-order valence-corrected chi connectivity index (χ2v) is 5.20. The molecule has 3 aromatic rings. The number of carboxylic acid groups (broad SMARTS) is 1. The van der Waals surface area contributed by atoms with Crippen LogP contribution < -0.4 is 4.74 Å². The van der Waals surface area contributed by atoms with Gasteiger partial charge in [0.25, 0.3) is 0 Å². The number of carboxylic acids is 1. The van der Waals surface area contributed by atoms with E-state index in [4.69, 9.17) is 21.4 Å². The predicted octanol–water partition coefficient (Wildman–Crippen LogP) is 3.44. The minimum atomic E-state index is -1.08. The molecule has 2 aromatic heterocycles. The van der Waals surface area contributed by atoms with Crippen molar-refractivity contribution in [2.75, 3.05) is 7.11 Å². The molecule has 6 heteroatoms. The Hall–Kier alpha value is -2.53. The molecule has 0 atom stereocenters. The van der Waals surface area contributed by atoms with Crippen LogP contribution in [0.2, 0.25) is 5.02 Å². The van der Waals surface area contributed by atoms with Gasteiger partial charge in [-0.15, -0.1) is 0 Å². The van der Waals surface area contributed by atoms with Gasteiger partial charge in [0.15, 0.2) is 0 Å². The Kier molecular flexibility index (Phi) is 3.73. The first kappa shape index (κ1) is 14.4. The Balaban J connectivity index is 1.97. The zero-order valence-corrected chi connectivity index (χ0v) is 12.5. The van der Waals surface area contributed by atoms with Crippen LogP contribution in [0.4, 0.5) is 0 Å². The first-order chi connectivity index (χ1) is 10.6. The molecule has 0 fully saturated rings. The number of carbonyl (C=O) groups is 1. The zero-order chi connectivity index (χ0) is 15.7. The van der Waals surface area contributed by atoms with Crippen molar-refractivity contribution in [1.29, 1.82) is 0 Å². The fraction of sp³-hybridized carbons (Fsp3) is 0.125.